The van der Waals surface area contributed by atoms with Crippen molar-refractivity contribution in [1.82, 2.24) is 0 Å². The molecule has 2 unspecified atom stereocenters. The average Bonchev–Trinajstić information content (AvgIpc) is 2.62. The fraction of sp³-hybridized carbons (Fsp3) is 0.667. The van der Waals surface area contributed by atoms with Gasteiger partial charge in [0, 0.05) is 12.0 Å². The minimum absolute atomic E-state index is 0.0733. The summed E-state index contributed by atoms with van der Waals surface area (Å²) in [5.74, 6) is 0.0400. The number of rotatable bonds is 6. The highest BCUT2D eigenvalue weighted by molar-refractivity contribution is 7.90. The largest absolute Gasteiger partial charge is 0.772 e. The molecule has 3 rings (SSSR count). The van der Waals surface area contributed by atoms with Gasteiger partial charge in [-0.1, -0.05) is 23.6 Å². The molecule has 6 nitrogen and oxygen atoms in total. The van der Waals surface area contributed by atoms with E-state index >= 15 is 0 Å². The highest BCUT2D eigenvalue weighted by Gasteiger charge is 2.61. The van der Waals surface area contributed by atoms with Crippen LogP contribution in [-0.2, 0) is 20.9 Å². The monoisotopic (exact) mass is 441 g/mol. The van der Waals surface area contributed by atoms with Gasteiger partial charge in [0.15, 0.2) is 5.78 Å². The van der Waals surface area contributed by atoms with Crippen molar-refractivity contribution in [1.29, 1.82) is 0 Å². The fourth-order valence-corrected chi connectivity index (χ4v) is 6.38. The number of hydrogen-bond donors (Lipinski definition) is 0. The maximum Gasteiger partial charge on any atom is 0.176 e. The maximum atomic E-state index is 14.0. The van der Waals surface area contributed by atoms with Crippen LogP contribution in [0.2, 0.25) is 0 Å². The summed E-state index contributed by atoms with van der Waals surface area (Å²) < 4.78 is 53.5. The number of hydrogen-bond acceptors (Lipinski definition) is 6. The van der Waals surface area contributed by atoms with Gasteiger partial charge in [-0.15, -0.1) is 0 Å². The summed E-state index contributed by atoms with van der Waals surface area (Å²) in [5.41, 5.74) is 0.219. The molecule has 0 N–H and O–H groups in total. The smallest absolute Gasteiger partial charge is 0.176 e. The molecular weight excluding hydrogens is 412 g/mol. The summed E-state index contributed by atoms with van der Waals surface area (Å²) >= 11 is -2.33. The molecule has 1 aliphatic heterocycles. The van der Waals surface area contributed by atoms with Crippen LogP contribution in [0.1, 0.15) is 66.4 Å². The summed E-state index contributed by atoms with van der Waals surface area (Å²) in [5, 5.41) is 0. The molecule has 1 saturated carbocycles. The lowest BCUT2D eigenvalue weighted by Gasteiger charge is -2.54. The minimum Gasteiger partial charge on any atom is -0.772 e. The van der Waals surface area contributed by atoms with E-state index in [0.29, 0.717) is 24.2 Å². The SMILES string of the molecule is Cc1cc(C)c2c(c1)C(=O)C(CCS(=O)[O-])(CCS(C)(=O)=O)C1(CCCCC1)O2. The quantitative estimate of drug-likeness (QED) is 0.628. The van der Waals surface area contributed by atoms with E-state index in [4.69, 9.17) is 4.74 Å². The second-order valence-corrected chi connectivity index (χ2v) is 11.9. The third-order valence-electron chi connectivity index (χ3n) is 6.52. The molecule has 0 aromatic heterocycles. The Balaban J connectivity index is 2.21. The Morgan fingerprint density at radius 2 is 1.79 bits per heavy atom. The zero-order valence-electron chi connectivity index (χ0n) is 17.3. The van der Waals surface area contributed by atoms with Crippen molar-refractivity contribution in [3.05, 3.63) is 28.8 Å². The molecule has 0 saturated heterocycles. The topological polar surface area (TPSA) is 101 Å². The molecule has 1 heterocycles. The number of sulfone groups is 1. The van der Waals surface area contributed by atoms with Crippen molar-refractivity contribution in [3.63, 3.8) is 0 Å². The van der Waals surface area contributed by atoms with Crippen LogP contribution < -0.4 is 4.74 Å². The van der Waals surface area contributed by atoms with Crippen molar-refractivity contribution in [3.8, 4) is 5.75 Å². The highest BCUT2D eigenvalue weighted by atomic mass is 32.2. The van der Waals surface area contributed by atoms with E-state index in [9.17, 15) is 22.0 Å². The van der Waals surface area contributed by atoms with Gasteiger partial charge in [-0.25, -0.2) is 8.42 Å². The third kappa shape index (κ3) is 4.30. The van der Waals surface area contributed by atoms with Crippen molar-refractivity contribution in [2.75, 3.05) is 17.8 Å². The third-order valence-corrected chi connectivity index (χ3v) is 8.01. The van der Waals surface area contributed by atoms with Gasteiger partial charge >= 0.3 is 0 Å². The van der Waals surface area contributed by atoms with Crippen molar-refractivity contribution >= 4 is 26.7 Å². The van der Waals surface area contributed by atoms with Crippen LogP contribution >= 0.6 is 0 Å². The lowest BCUT2D eigenvalue weighted by molar-refractivity contribution is -0.0814. The Kier molecular flexibility index (Phi) is 6.28. The van der Waals surface area contributed by atoms with Crippen molar-refractivity contribution in [2.45, 2.75) is 64.4 Å². The van der Waals surface area contributed by atoms with E-state index in [1.54, 1.807) is 6.07 Å². The Hall–Kier alpha value is -1.25. The molecule has 162 valence electrons. The van der Waals surface area contributed by atoms with Gasteiger partial charge in [-0.05, 0) is 69.6 Å². The first-order chi connectivity index (χ1) is 13.5. The van der Waals surface area contributed by atoms with Gasteiger partial charge < -0.3 is 9.29 Å². The number of aryl methyl sites for hydroxylation is 2. The lowest BCUT2D eigenvalue weighted by Crippen LogP contribution is -2.61. The van der Waals surface area contributed by atoms with Gasteiger partial charge in [0.25, 0.3) is 0 Å². The predicted octanol–water partition coefficient (Wildman–Crippen LogP) is 3.27. The molecule has 8 heteroatoms. The van der Waals surface area contributed by atoms with Gasteiger partial charge in [0.05, 0.1) is 16.7 Å². The molecule has 2 aliphatic rings. The molecule has 29 heavy (non-hydrogen) atoms. The van der Waals surface area contributed by atoms with E-state index in [2.05, 4.69) is 0 Å². The summed E-state index contributed by atoms with van der Waals surface area (Å²) in [7, 11) is -3.33. The zero-order valence-corrected chi connectivity index (χ0v) is 18.9. The van der Waals surface area contributed by atoms with Gasteiger partial charge in [-0.2, -0.15) is 0 Å². The Bertz CT molecular complexity index is 931. The van der Waals surface area contributed by atoms with E-state index in [1.165, 1.54) is 0 Å². The molecule has 0 amide bonds. The number of carbonyl (C=O) groups is 1. The summed E-state index contributed by atoms with van der Waals surface area (Å²) in [6.45, 7) is 3.81. The molecule has 0 bridgehead atoms. The molecule has 1 aromatic rings. The second-order valence-electron chi connectivity index (χ2n) is 8.66. The normalized spacial score (nSPS) is 24.8. The predicted molar refractivity (Wildman–Crippen MR) is 112 cm³/mol. The summed E-state index contributed by atoms with van der Waals surface area (Å²) in [6, 6.07) is 3.75. The molecule has 1 aromatic carbocycles. The number of carbonyl (C=O) groups excluding carboxylic acids is 1. The Morgan fingerprint density at radius 1 is 1.14 bits per heavy atom. The van der Waals surface area contributed by atoms with Gasteiger partial charge in [0.1, 0.15) is 21.2 Å². The van der Waals surface area contributed by atoms with E-state index in [-0.39, 0.29) is 30.1 Å². The van der Waals surface area contributed by atoms with Crippen LogP contribution in [0.15, 0.2) is 12.1 Å². The van der Waals surface area contributed by atoms with Crippen LogP contribution in [0.3, 0.4) is 0 Å². The first kappa shape index (κ1) is 22.4. The number of ether oxygens (including phenoxy) is 1. The fourth-order valence-electron chi connectivity index (χ4n) is 5.14. The highest BCUT2D eigenvalue weighted by Crippen LogP contribution is 2.56. The number of Topliss-reactive ketones (excluding diaryl/α,β-unsaturated/α-hetero) is 1. The Morgan fingerprint density at radius 3 is 2.38 bits per heavy atom. The van der Waals surface area contributed by atoms with Gasteiger partial charge in [0.2, 0.25) is 0 Å². The van der Waals surface area contributed by atoms with Crippen LogP contribution in [0.25, 0.3) is 0 Å². The number of fused-ring (bicyclic) bond motifs is 1. The van der Waals surface area contributed by atoms with Crippen LogP contribution in [0, 0.1) is 19.3 Å². The van der Waals surface area contributed by atoms with Crippen molar-refractivity contribution in [2.24, 2.45) is 5.41 Å². The molecule has 1 spiro atoms. The van der Waals surface area contributed by atoms with E-state index < -0.39 is 31.9 Å². The number of ketones is 1. The zero-order chi connectivity index (χ0) is 21.4. The first-order valence-corrected chi connectivity index (χ1v) is 13.4. The standard InChI is InChI=1S/C21H30O6S2/c1-15-13-16(2)18-17(14-15)19(22)20(9-11-28(23)24,10-12-29(3,25)26)21(27-18)7-5-4-6-8-21/h13-14H,4-12H2,1-3H3,(H,23,24)/p-1. The second kappa shape index (κ2) is 8.12. The Labute approximate surface area is 175 Å². The maximum absolute atomic E-state index is 14.0. The van der Waals surface area contributed by atoms with E-state index in [1.807, 2.05) is 19.9 Å². The van der Waals surface area contributed by atoms with Crippen LogP contribution in [-0.4, -0.2) is 46.3 Å². The van der Waals surface area contributed by atoms with E-state index in [0.717, 1.165) is 36.6 Å². The molecular formula is C21H29O6S2-. The van der Waals surface area contributed by atoms with Crippen LogP contribution in [0.5, 0.6) is 5.75 Å². The first-order valence-electron chi connectivity index (χ1n) is 10.1. The minimum atomic E-state index is -3.33. The summed E-state index contributed by atoms with van der Waals surface area (Å²) in [4.78, 5) is 14.0. The molecule has 1 aliphatic carbocycles. The molecule has 2 atom stereocenters. The van der Waals surface area contributed by atoms with Crippen molar-refractivity contribution < 1.29 is 26.7 Å². The summed E-state index contributed by atoms with van der Waals surface area (Å²) in [6.07, 6.45) is 5.31. The molecule has 1 fully saturated rings. The van der Waals surface area contributed by atoms with Gasteiger partial charge in [-0.3, -0.25) is 9.00 Å². The lowest BCUT2D eigenvalue weighted by atomic mass is 9.57. The number of benzene rings is 1. The van der Waals surface area contributed by atoms with Crippen LogP contribution in [0.4, 0.5) is 0 Å². The average molecular weight is 442 g/mol. The molecule has 0 radical (unpaired) electrons.